The fraction of sp³-hybridized carbons (Fsp3) is 0.538. The summed E-state index contributed by atoms with van der Waals surface area (Å²) in [6.07, 6.45) is 5.30. The highest BCUT2D eigenvalue weighted by molar-refractivity contribution is 7.98. The van der Waals surface area contributed by atoms with Crippen LogP contribution in [-0.4, -0.2) is 25.0 Å². The van der Waals surface area contributed by atoms with Crippen molar-refractivity contribution in [2.45, 2.75) is 29.7 Å². The number of hydrogen-bond acceptors (Lipinski definition) is 4. The number of hydrogen-bond donors (Lipinski definition) is 1. The summed E-state index contributed by atoms with van der Waals surface area (Å²) < 4.78 is 11.2. The Bertz CT molecular complexity index is 443. The van der Waals surface area contributed by atoms with Crippen molar-refractivity contribution >= 4 is 11.8 Å². The molecule has 2 N–H and O–H groups in total. The van der Waals surface area contributed by atoms with E-state index >= 15 is 0 Å². The molecule has 0 saturated heterocycles. The Kier molecular flexibility index (Phi) is 2.71. The van der Waals surface area contributed by atoms with Gasteiger partial charge in [-0.15, -0.1) is 11.8 Å². The summed E-state index contributed by atoms with van der Waals surface area (Å²) >= 11 is 1.75. The lowest BCUT2D eigenvalue weighted by atomic mass is 10.0. The normalized spacial score (nSPS) is 20.1. The summed E-state index contributed by atoms with van der Waals surface area (Å²) in [6.45, 7) is 1.28. The van der Waals surface area contributed by atoms with Crippen LogP contribution in [0.2, 0.25) is 0 Å². The second kappa shape index (κ2) is 4.10. The van der Waals surface area contributed by atoms with E-state index in [9.17, 15) is 0 Å². The summed E-state index contributed by atoms with van der Waals surface area (Å²) in [5, 5.41) is 0. The third kappa shape index (κ3) is 2.24. The highest BCUT2D eigenvalue weighted by Gasteiger charge is 2.38. The van der Waals surface area contributed by atoms with E-state index < -0.39 is 0 Å². The van der Waals surface area contributed by atoms with Crippen molar-refractivity contribution in [1.29, 1.82) is 0 Å². The fourth-order valence-corrected chi connectivity index (χ4v) is 2.78. The van der Waals surface area contributed by atoms with E-state index in [1.807, 2.05) is 0 Å². The van der Waals surface area contributed by atoms with Gasteiger partial charge in [-0.1, -0.05) is 0 Å². The Hall–Kier alpha value is -0.870. The maximum atomic E-state index is 6.20. The Balaban J connectivity index is 1.94. The van der Waals surface area contributed by atoms with Gasteiger partial charge < -0.3 is 15.2 Å². The molecule has 1 aromatic carbocycles. The molecule has 4 heteroatoms. The van der Waals surface area contributed by atoms with E-state index in [1.165, 1.54) is 10.5 Å². The van der Waals surface area contributed by atoms with E-state index in [0.29, 0.717) is 13.2 Å². The van der Waals surface area contributed by atoms with Crippen molar-refractivity contribution in [2.75, 3.05) is 19.5 Å². The molecule has 1 fully saturated rings. The van der Waals surface area contributed by atoms with Gasteiger partial charge in [-0.25, -0.2) is 0 Å². The zero-order valence-corrected chi connectivity index (χ0v) is 10.8. The van der Waals surface area contributed by atoms with Crippen LogP contribution in [0.1, 0.15) is 18.4 Å². The van der Waals surface area contributed by atoms with Crippen LogP contribution in [0.4, 0.5) is 0 Å². The smallest absolute Gasteiger partial charge is 0.162 e. The zero-order chi connectivity index (χ0) is 11.9. The molecule has 3 nitrogen and oxygen atoms in total. The third-order valence-electron chi connectivity index (χ3n) is 3.38. The lowest BCUT2D eigenvalue weighted by molar-refractivity contribution is 0.171. The Morgan fingerprint density at radius 3 is 2.47 bits per heavy atom. The fourth-order valence-electron chi connectivity index (χ4n) is 2.16. The summed E-state index contributed by atoms with van der Waals surface area (Å²) in [7, 11) is 0. The van der Waals surface area contributed by atoms with Gasteiger partial charge in [0.2, 0.25) is 0 Å². The van der Waals surface area contributed by atoms with Crippen molar-refractivity contribution in [3.05, 3.63) is 17.7 Å². The van der Waals surface area contributed by atoms with Gasteiger partial charge in [0, 0.05) is 10.4 Å². The highest BCUT2D eigenvalue weighted by Crippen LogP contribution is 2.42. The van der Waals surface area contributed by atoms with Crippen LogP contribution in [0, 0.1) is 0 Å². The number of benzene rings is 1. The van der Waals surface area contributed by atoms with Crippen molar-refractivity contribution in [3.8, 4) is 11.5 Å². The van der Waals surface area contributed by atoms with E-state index in [1.54, 1.807) is 11.8 Å². The number of ether oxygens (including phenoxy) is 2. The van der Waals surface area contributed by atoms with Gasteiger partial charge in [-0.05, 0) is 43.2 Å². The highest BCUT2D eigenvalue weighted by atomic mass is 32.2. The van der Waals surface area contributed by atoms with Crippen molar-refractivity contribution < 1.29 is 9.47 Å². The number of fused-ring (bicyclic) bond motifs is 1. The molecule has 17 heavy (non-hydrogen) atoms. The van der Waals surface area contributed by atoms with Gasteiger partial charge in [0.05, 0.1) is 0 Å². The van der Waals surface area contributed by atoms with Crippen LogP contribution < -0.4 is 15.2 Å². The van der Waals surface area contributed by atoms with E-state index in [4.69, 9.17) is 15.2 Å². The molecule has 0 spiro atoms. The number of nitrogens with two attached hydrogens (primary N) is 1. The molecule has 0 unspecified atom stereocenters. The first-order chi connectivity index (χ1) is 8.20. The molecule has 1 aliphatic heterocycles. The van der Waals surface area contributed by atoms with Crippen molar-refractivity contribution in [2.24, 2.45) is 5.73 Å². The largest absolute Gasteiger partial charge is 0.486 e. The second-order valence-electron chi connectivity index (χ2n) is 4.85. The first kappa shape index (κ1) is 11.2. The monoisotopic (exact) mass is 251 g/mol. The predicted molar refractivity (Wildman–Crippen MR) is 69.1 cm³/mol. The van der Waals surface area contributed by atoms with Gasteiger partial charge in [0.25, 0.3) is 0 Å². The van der Waals surface area contributed by atoms with Crippen molar-refractivity contribution in [3.63, 3.8) is 0 Å². The van der Waals surface area contributed by atoms with Gasteiger partial charge in [-0.3, -0.25) is 0 Å². The zero-order valence-electron chi connectivity index (χ0n) is 9.99. The molecule has 1 heterocycles. The van der Waals surface area contributed by atoms with Crippen LogP contribution >= 0.6 is 11.8 Å². The third-order valence-corrected chi connectivity index (χ3v) is 4.20. The van der Waals surface area contributed by atoms with Gasteiger partial charge in [-0.2, -0.15) is 0 Å². The summed E-state index contributed by atoms with van der Waals surface area (Å²) in [5.74, 6) is 1.74. The van der Waals surface area contributed by atoms with E-state index in [0.717, 1.165) is 30.8 Å². The lowest BCUT2D eigenvalue weighted by Crippen LogP contribution is -2.25. The molecule has 3 rings (SSSR count). The quantitative estimate of drug-likeness (QED) is 0.837. The van der Waals surface area contributed by atoms with Gasteiger partial charge in [0.15, 0.2) is 11.5 Å². The molecule has 0 radical (unpaired) electrons. The summed E-state index contributed by atoms with van der Waals surface area (Å²) in [4.78, 5) is 1.26. The van der Waals surface area contributed by atoms with Crippen molar-refractivity contribution in [1.82, 2.24) is 0 Å². The molecule has 0 bridgehead atoms. The van der Waals surface area contributed by atoms with Gasteiger partial charge >= 0.3 is 0 Å². The minimum atomic E-state index is 0.0360. The summed E-state index contributed by atoms with van der Waals surface area (Å²) in [5.41, 5.74) is 7.53. The van der Waals surface area contributed by atoms with E-state index in [2.05, 4.69) is 18.4 Å². The Morgan fingerprint density at radius 2 is 1.88 bits per heavy atom. The Morgan fingerprint density at radius 1 is 1.24 bits per heavy atom. The number of thioether (sulfide) groups is 1. The SMILES string of the molecule is CSc1cc2c(cc1CC1(N)CC1)OCCO2. The Labute approximate surface area is 106 Å². The van der Waals surface area contributed by atoms with Crippen LogP contribution in [0.15, 0.2) is 17.0 Å². The van der Waals surface area contributed by atoms with Crippen LogP contribution in [0.3, 0.4) is 0 Å². The standard InChI is InChI=1S/C13H17NO2S/c1-17-12-7-11-10(15-4-5-16-11)6-9(12)8-13(14)2-3-13/h6-7H,2-5,8,14H2,1H3. The second-order valence-corrected chi connectivity index (χ2v) is 5.69. The molecule has 92 valence electrons. The number of rotatable bonds is 3. The minimum Gasteiger partial charge on any atom is -0.486 e. The van der Waals surface area contributed by atoms with Crippen LogP contribution in [0.25, 0.3) is 0 Å². The van der Waals surface area contributed by atoms with Crippen LogP contribution in [0.5, 0.6) is 11.5 Å². The molecule has 1 aliphatic carbocycles. The molecule has 0 amide bonds. The molecule has 2 aliphatic rings. The van der Waals surface area contributed by atoms with Crippen LogP contribution in [-0.2, 0) is 6.42 Å². The topological polar surface area (TPSA) is 44.5 Å². The minimum absolute atomic E-state index is 0.0360. The van der Waals surface area contributed by atoms with E-state index in [-0.39, 0.29) is 5.54 Å². The summed E-state index contributed by atoms with van der Waals surface area (Å²) in [6, 6.07) is 4.19. The first-order valence-corrected chi connectivity index (χ1v) is 7.18. The molecule has 0 atom stereocenters. The molecule has 1 saturated carbocycles. The average molecular weight is 251 g/mol. The molecule has 1 aromatic rings. The maximum Gasteiger partial charge on any atom is 0.162 e. The lowest BCUT2D eigenvalue weighted by Gasteiger charge is -2.21. The predicted octanol–water partition coefficient (Wildman–Crippen LogP) is 2.21. The molecule has 0 aromatic heterocycles. The molecular weight excluding hydrogens is 234 g/mol. The molecular formula is C13H17NO2S. The average Bonchev–Trinajstić information content (AvgIpc) is 3.06. The maximum absolute atomic E-state index is 6.20. The van der Waals surface area contributed by atoms with Gasteiger partial charge in [0.1, 0.15) is 13.2 Å². The first-order valence-electron chi connectivity index (χ1n) is 5.96.